The first kappa shape index (κ1) is 15.8. The summed E-state index contributed by atoms with van der Waals surface area (Å²) in [5.74, 6) is 0. The van der Waals surface area contributed by atoms with Crippen LogP contribution < -0.4 is 0 Å². The number of hydrogen-bond donors (Lipinski definition) is 0. The van der Waals surface area contributed by atoms with Gasteiger partial charge in [0.1, 0.15) is 0 Å². The molecule has 0 fully saturated rings. The third-order valence-corrected chi connectivity index (χ3v) is 5.36. The Morgan fingerprint density at radius 2 is 2.00 bits per heavy atom. The van der Waals surface area contributed by atoms with Crippen LogP contribution in [0.25, 0.3) is 27.5 Å². The van der Waals surface area contributed by atoms with Gasteiger partial charge in [0, 0.05) is 33.9 Å². The van der Waals surface area contributed by atoms with Gasteiger partial charge in [-0.15, -0.1) is 11.3 Å². The third-order valence-electron chi connectivity index (χ3n) is 4.11. The number of rotatable bonds is 3. The van der Waals surface area contributed by atoms with Crippen LogP contribution in [-0.4, -0.2) is 14.4 Å². The van der Waals surface area contributed by atoms with Gasteiger partial charge >= 0.3 is 0 Å². The Balaban J connectivity index is 1.97. The molecule has 6 heteroatoms. The van der Waals surface area contributed by atoms with Crippen molar-refractivity contribution >= 4 is 27.9 Å². The Kier molecular flexibility index (Phi) is 4.00. The minimum atomic E-state index is 0.285. The highest BCUT2D eigenvalue weighted by atomic mass is 35.5. The molecule has 0 saturated carbocycles. The summed E-state index contributed by atoms with van der Waals surface area (Å²) in [4.78, 5) is 9.74. The molecule has 3 heterocycles. The number of thiazole rings is 1. The number of imidazole rings is 1. The molecule has 0 atom stereocenters. The summed E-state index contributed by atoms with van der Waals surface area (Å²) in [7, 11) is 0. The zero-order valence-corrected chi connectivity index (χ0v) is 15.0. The van der Waals surface area contributed by atoms with Gasteiger partial charge in [0.05, 0.1) is 29.6 Å². The number of nitriles is 1. The molecule has 0 aliphatic rings. The van der Waals surface area contributed by atoms with Gasteiger partial charge < -0.3 is 0 Å². The number of benzene rings is 1. The zero-order valence-electron chi connectivity index (χ0n) is 13.4. The van der Waals surface area contributed by atoms with E-state index in [9.17, 15) is 5.26 Å². The average Bonchev–Trinajstić information content (AvgIpc) is 3.19. The number of aromatic nitrogens is 3. The Labute approximate surface area is 154 Å². The van der Waals surface area contributed by atoms with Gasteiger partial charge in [-0.25, -0.2) is 4.98 Å². The van der Waals surface area contributed by atoms with Crippen LogP contribution in [0.1, 0.15) is 11.3 Å². The molecule has 0 N–H and O–H groups in total. The molecule has 0 unspecified atom stereocenters. The lowest BCUT2D eigenvalue weighted by Crippen LogP contribution is -1.95. The molecule has 122 valence electrons. The van der Waals surface area contributed by atoms with Crippen LogP contribution in [0.2, 0.25) is 5.02 Å². The van der Waals surface area contributed by atoms with Crippen molar-refractivity contribution in [2.45, 2.75) is 13.3 Å². The fourth-order valence-electron chi connectivity index (χ4n) is 2.90. The molecule has 0 aliphatic heterocycles. The summed E-state index contributed by atoms with van der Waals surface area (Å²) in [6.07, 6.45) is 3.82. The van der Waals surface area contributed by atoms with E-state index in [0.717, 1.165) is 43.8 Å². The van der Waals surface area contributed by atoms with Crippen LogP contribution in [0, 0.1) is 18.3 Å². The van der Waals surface area contributed by atoms with Crippen molar-refractivity contribution in [1.29, 1.82) is 5.26 Å². The van der Waals surface area contributed by atoms with Gasteiger partial charge in [0.15, 0.2) is 4.96 Å². The number of nitrogens with zero attached hydrogens (tertiary/aromatic N) is 4. The number of hydrogen-bond acceptors (Lipinski definition) is 4. The van der Waals surface area contributed by atoms with E-state index in [2.05, 4.69) is 20.8 Å². The van der Waals surface area contributed by atoms with Crippen molar-refractivity contribution in [3.63, 3.8) is 0 Å². The molecule has 4 rings (SSSR count). The SMILES string of the molecule is Cc1cc(-c2nc3scc(-c4ccncc4)n3c2CC#N)ccc1Cl. The number of aryl methyl sites for hydroxylation is 1. The first-order chi connectivity index (χ1) is 12.2. The van der Waals surface area contributed by atoms with Crippen LogP contribution in [0.3, 0.4) is 0 Å². The topological polar surface area (TPSA) is 54.0 Å². The van der Waals surface area contributed by atoms with Crippen LogP contribution in [-0.2, 0) is 6.42 Å². The minimum Gasteiger partial charge on any atom is -0.286 e. The molecule has 0 amide bonds. The molecule has 4 aromatic rings. The Bertz CT molecular complexity index is 1110. The second kappa shape index (κ2) is 6.32. The molecule has 0 aliphatic carbocycles. The van der Waals surface area contributed by atoms with E-state index < -0.39 is 0 Å². The highest BCUT2D eigenvalue weighted by molar-refractivity contribution is 7.15. The molecule has 0 radical (unpaired) electrons. The number of pyridine rings is 1. The quantitative estimate of drug-likeness (QED) is 0.505. The van der Waals surface area contributed by atoms with E-state index in [0.29, 0.717) is 0 Å². The lowest BCUT2D eigenvalue weighted by molar-refractivity contribution is 1.08. The maximum atomic E-state index is 9.35. The third kappa shape index (κ3) is 2.70. The van der Waals surface area contributed by atoms with Crippen LogP contribution >= 0.6 is 22.9 Å². The summed E-state index contributed by atoms with van der Waals surface area (Å²) in [6.45, 7) is 1.97. The number of halogens is 1. The van der Waals surface area contributed by atoms with E-state index in [1.807, 2.05) is 37.3 Å². The first-order valence-electron chi connectivity index (χ1n) is 7.71. The van der Waals surface area contributed by atoms with Crippen LogP contribution in [0.15, 0.2) is 48.1 Å². The van der Waals surface area contributed by atoms with E-state index in [1.54, 1.807) is 23.7 Å². The molecule has 0 saturated heterocycles. The largest absolute Gasteiger partial charge is 0.286 e. The van der Waals surface area contributed by atoms with E-state index in [1.165, 1.54) is 0 Å². The summed E-state index contributed by atoms with van der Waals surface area (Å²) in [6, 6.07) is 12.0. The van der Waals surface area contributed by atoms with Gasteiger partial charge in [-0.1, -0.05) is 17.7 Å². The van der Waals surface area contributed by atoms with E-state index in [4.69, 9.17) is 16.6 Å². The van der Waals surface area contributed by atoms with Gasteiger partial charge in [0.25, 0.3) is 0 Å². The van der Waals surface area contributed by atoms with Crippen molar-refractivity contribution in [2.24, 2.45) is 0 Å². The normalized spacial score (nSPS) is 10.9. The fourth-order valence-corrected chi connectivity index (χ4v) is 3.93. The van der Waals surface area contributed by atoms with Gasteiger partial charge in [0.2, 0.25) is 0 Å². The summed E-state index contributed by atoms with van der Waals surface area (Å²) in [5.41, 5.74) is 5.78. The summed E-state index contributed by atoms with van der Waals surface area (Å²) < 4.78 is 2.07. The standard InChI is InChI=1S/C19H13ClN4S/c1-12-10-14(2-3-15(12)20)18-16(4-7-21)24-17(11-25-19(24)23-18)13-5-8-22-9-6-13/h2-3,5-6,8-11H,4H2,1H3. The predicted octanol–water partition coefficient (Wildman–Crippen LogP) is 5.15. The first-order valence-corrected chi connectivity index (χ1v) is 8.97. The highest BCUT2D eigenvalue weighted by Gasteiger charge is 2.19. The summed E-state index contributed by atoms with van der Waals surface area (Å²) in [5, 5.41) is 12.1. The number of fused-ring (bicyclic) bond motifs is 1. The second-order valence-electron chi connectivity index (χ2n) is 5.68. The van der Waals surface area contributed by atoms with Crippen LogP contribution in [0.5, 0.6) is 0 Å². The molecule has 0 bridgehead atoms. The fraction of sp³-hybridized carbons (Fsp3) is 0.105. The Hall–Kier alpha value is -2.68. The van der Waals surface area contributed by atoms with Crippen molar-refractivity contribution in [1.82, 2.24) is 14.4 Å². The van der Waals surface area contributed by atoms with Gasteiger partial charge in [-0.2, -0.15) is 5.26 Å². The second-order valence-corrected chi connectivity index (χ2v) is 6.92. The monoisotopic (exact) mass is 364 g/mol. The van der Waals surface area contributed by atoms with E-state index in [-0.39, 0.29) is 6.42 Å². The van der Waals surface area contributed by atoms with Crippen molar-refractivity contribution < 1.29 is 0 Å². The smallest absolute Gasteiger partial charge is 0.194 e. The van der Waals surface area contributed by atoms with Crippen molar-refractivity contribution in [3.05, 3.63) is 64.4 Å². The van der Waals surface area contributed by atoms with Crippen molar-refractivity contribution in [2.75, 3.05) is 0 Å². The predicted molar refractivity (Wildman–Crippen MR) is 101 cm³/mol. The molecule has 3 aromatic heterocycles. The molecular formula is C19H13ClN4S. The van der Waals surface area contributed by atoms with Crippen LogP contribution in [0.4, 0.5) is 0 Å². The molecule has 1 aromatic carbocycles. The lowest BCUT2D eigenvalue weighted by atomic mass is 10.1. The maximum absolute atomic E-state index is 9.35. The highest BCUT2D eigenvalue weighted by Crippen LogP contribution is 2.34. The molecule has 0 spiro atoms. The summed E-state index contributed by atoms with van der Waals surface area (Å²) >= 11 is 7.72. The average molecular weight is 365 g/mol. The lowest BCUT2D eigenvalue weighted by Gasteiger charge is -2.06. The van der Waals surface area contributed by atoms with Gasteiger partial charge in [-0.3, -0.25) is 9.38 Å². The zero-order chi connectivity index (χ0) is 17.4. The molecule has 4 nitrogen and oxygen atoms in total. The van der Waals surface area contributed by atoms with Gasteiger partial charge in [-0.05, 0) is 36.8 Å². The Morgan fingerprint density at radius 1 is 1.20 bits per heavy atom. The van der Waals surface area contributed by atoms with Crippen molar-refractivity contribution in [3.8, 4) is 28.6 Å². The molecular weight excluding hydrogens is 352 g/mol. The maximum Gasteiger partial charge on any atom is 0.194 e. The molecule has 25 heavy (non-hydrogen) atoms. The Morgan fingerprint density at radius 3 is 2.72 bits per heavy atom. The van der Waals surface area contributed by atoms with E-state index >= 15 is 0 Å². The minimum absolute atomic E-state index is 0.285.